The van der Waals surface area contributed by atoms with E-state index in [0.29, 0.717) is 0 Å². The predicted molar refractivity (Wildman–Crippen MR) is 82.6 cm³/mol. The van der Waals surface area contributed by atoms with Crippen molar-refractivity contribution in [1.29, 1.82) is 0 Å². The molecule has 0 saturated heterocycles. The third-order valence-electron chi connectivity index (χ3n) is 4.40. The Balaban J connectivity index is 2.00. The van der Waals surface area contributed by atoms with Crippen LogP contribution in [0.3, 0.4) is 0 Å². The van der Waals surface area contributed by atoms with E-state index in [-0.39, 0.29) is 23.9 Å². The number of carbonyl (C=O) groups excluding carboxylic acids is 1. The number of amides is 1. The lowest BCUT2D eigenvalue weighted by atomic mass is 9.85. The van der Waals surface area contributed by atoms with Crippen molar-refractivity contribution in [3.8, 4) is 0 Å². The fourth-order valence-electron chi connectivity index (χ4n) is 2.81. The predicted octanol–water partition coefficient (Wildman–Crippen LogP) is 3.38. The molecule has 1 aromatic rings. The van der Waals surface area contributed by atoms with E-state index in [0.717, 1.165) is 36.3 Å². The summed E-state index contributed by atoms with van der Waals surface area (Å²) in [5.41, 5.74) is 7.01. The van der Waals surface area contributed by atoms with Gasteiger partial charge in [0, 0.05) is 24.0 Å². The average Bonchev–Trinajstić information content (AvgIpc) is 2.46. The van der Waals surface area contributed by atoms with Crippen LogP contribution in [0.5, 0.6) is 0 Å². The molecule has 1 fully saturated rings. The highest BCUT2D eigenvalue weighted by molar-refractivity contribution is 6.30. The molecule has 1 saturated carbocycles. The van der Waals surface area contributed by atoms with E-state index in [1.165, 1.54) is 0 Å². The van der Waals surface area contributed by atoms with Crippen LogP contribution in [0, 0.1) is 5.92 Å². The van der Waals surface area contributed by atoms with E-state index in [4.69, 9.17) is 17.3 Å². The average molecular weight is 295 g/mol. The monoisotopic (exact) mass is 294 g/mol. The first-order chi connectivity index (χ1) is 9.49. The molecule has 0 radical (unpaired) electrons. The Morgan fingerprint density at radius 1 is 1.25 bits per heavy atom. The summed E-state index contributed by atoms with van der Waals surface area (Å²) in [7, 11) is 1.89. The van der Waals surface area contributed by atoms with Gasteiger partial charge in [-0.3, -0.25) is 4.79 Å². The van der Waals surface area contributed by atoms with Gasteiger partial charge in [-0.05, 0) is 50.3 Å². The minimum atomic E-state index is 0.0652. The molecule has 0 heterocycles. The van der Waals surface area contributed by atoms with Crippen LogP contribution in [0.2, 0.25) is 5.02 Å². The summed E-state index contributed by atoms with van der Waals surface area (Å²) in [6.45, 7) is 2.05. The summed E-state index contributed by atoms with van der Waals surface area (Å²) in [4.78, 5) is 14.4. The van der Waals surface area contributed by atoms with Crippen molar-refractivity contribution in [3.05, 3.63) is 34.9 Å². The van der Waals surface area contributed by atoms with Gasteiger partial charge in [0.2, 0.25) is 5.91 Å². The molecule has 1 aliphatic rings. The van der Waals surface area contributed by atoms with E-state index < -0.39 is 0 Å². The smallest absolute Gasteiger partial charge is 0.225 e. The number of halogens is 1. The number of rotatable bonds is 3. The largest absolute Gasteiger partial charge is 0.339 e. The lowest BCUT2D eigenvalue weighted by Gasteiger charge is -2.32. The zero-order valence-corrected chi connectivity index (χ0v) is 12.9. The number of nitrogens with two attached hydrogens (primary N) is 1. The molecule has 1 aromatic carbocycles. The maximum absolute atomic E-state index is 12.5. The Kier molecular flexibility index (Phi) is 5.06. The van der Waals surface area contributed by atoms with Crippen molar-refractivity contribution < 1.29 is 4.79 Å². The molecule has 1 unspecified atom stereocenters. The number of benzene rings is 1. The number of nitrogens with zero attached hydrogens (tertiary/aromatic N) is 1. The maximum atomic E-state index is 12.5. The first kappa shape index (κ1) is 15.3. The Morgan fingerprint density at radius 2 is 1.80 bits per heavy atom. The summed E-state index contributed by atoms with van der Waals surface area (Å²) in [5, 5.41) is 0.719. The number of carbonyl (C=O) groups is 1. The zero-order valence-electron chi connectivity index (χ0n) is 12.2. The zero-order chi connectivity index (χ0) is 14.7. The Bertz CT molecular complexity index is 452. The molecule has 0 bridgehead atoms. The molecule has 110 valence electrons. The summed E-state index contributed by atoms with van der Waals surface area (Å²) < 4.78 is 0. The molecule has 0 aromatic heterocycles. The van der Waals surface area contributed by atoms with Crippen LogP contribution in [-0.2, 0) is 4.79 Å². The van der Waals surface area contributed by atoms with Crippen LogP contribution >= 0.6 is 11.6 Å². The molecule has 1 aliphatic carbocycles. The Labute approximate surface area is 126 Å². The van der Waals surface area contributed by atoms with Crippen LogP contribution < -0.4 is 5.73 Å². The molecule has 0 spiro atoms. The summed E-state index contributed by atoms with van der Waals surface area (Å²) >= 11 is 5.90. The van der Waals surface area contributed by atoms with Gasteiger partial charge < -0.3 is 10.6 Å². The molecule has 1 amide bonds. The minimum Gasteiger partial charge on any atom is -0.339 e. The third kappa shape index (κ3) is 3.53. The van der Waals surface area contributed by atoms with Crippen LogP contribution in [0.25, 0.3) is 0 Å². The molecule has 20 heavy (non-hydrogen) atoms. The van der Waals surface area contributed by atoms with Crippen molar-refractivity contribution in [2.75, 3.05) is 7.05 Å². The number of hydrogen-bond donors (Lipinski definition) is 1. The molecule has 0 aliphatic heterocycles. The second kappa shape index (κ2) is 6.59. The SMILES string of the molecule is CC(c1ccc(Cl)cc1)N(C)C(=O)C1CCC(N)CC1. The minimum absolute atomic E-state index is 0.0652. The molecule has 1 atom stereocenters. The van der Waals surface area contributed by atoms with Crippen molar-refractivity contribution in [2.24, 2.45) is 11.7 Å². The summed E-state index contributed by atoms with van der Waals surface area (Å²) in [5.74, 6) is 0.369. The van der Waals surface area contributed by atoms with Gasteiger partial charge >= 0.3 is 0 Å². The highest BCUT2D eigenvalue weighted by Gasteiger charge is 2.28. The molecule has 2 rings (SSSR count). The molecule has 4 heteroatoms. The second-order valence-corrected chi connectivity index (χ2v) is 6.22. The van der Waals surface area contributed by atoms with Gasteiger partial charge in [0.1, 0.15) is 0 Å². The van der Waals surface area contributed by atoms with Gasteiger partial charge in [-0.25, -0.2) is 0 Å². The molecular formula is C16H23ClN2O. The maximum Gasteiger partial charge on any atom is 0.225 e. The van der Waals surface area contributed by atoms with Crippen LogP contribution in [0.15, 0.2) is 24.3 Å². The molecular weight excluding hydrogens is 272 g/mol. The quantitative estimate of drug-likeness (QED) is 0.929. The molecule has 2 N–H and O–H groups in total. The highest BCUT2D eigenvalue weighted by atomic mass is 35.5. The van der Waals surface area contributed by atoms with Crippen molar-refractivity contribution in [3.63, 3.8) is 0 Å². The Morgan fingerprint density at radius 3 is 2.35 bits per heavy atom. The Hall–Kier alpha value is -1.06. The van der Waals surface area contributed by atoms with Gasteiger partial charge in [-0.15, -0.1) is 0 Å². The fraction of sp³-hybridized carbons (Fsp3) is 0.562. The van der Waals surface area contributed by atoms with Gasteiger partial charge in [0.25, 0.3) is 0 Å². The van der Waals surface area contributed by atoms with E-state index >= 15 is 0 Å². The van der Waals surface area contributed by atoms with Crippen molar-refractivity contribution in [1.82, 2.24) is 4.90 Å². The summed E-state index contributed by atoms with van der Waals surface area (Å²) in [6.07, 6.45) is 3.74. The van der Waals surface area contributed by atoms with E-state index in [1.807, 2.05) is 36.2 Å². The van der Waals surface area contributed by atoms with E-state index in [2.05, 4.69) is 6.92 Å². The van der Waals surface area contributed by atoms with Crippen molar-refractivity contribution >= 4 is 17.5 Å². The highest BCUT2D eigenvalue weighted by Crippen LogP contribution is 2.28. The van der Waals surface area contributed by atoms with E-state index in [9.17, 15) is 4.79 Å². The van der Waals surface area contributed by atoms with Gasteiger partial charge in [0.05, 0.1) is 6.04 Å². The first-order valence-electron chi connectivity index (χ1n) is 7.26. The van der Waals surface area contributed by atoms with Crippen molar-refractivity contribution in [2.45, 2.75) is 44.7 Å². The lowest BCUT2D eigenvalue weighted by Crippen LogP contribution is -2.38. The van der Waals surface area contributed by atoms with Crippen LogP contribution in [-0.4, -0.2) is 23.9 Å². The first-order valence-corrected chi connectivity index (χ1v) is 7.64. The normalized spacial score (nSPS) is 24.2. The van der Waals surface area contributed by atoms with Crippen LogP contribution in [0.1, 0.15) is 44.2 Å². The topological polar surface area (TPSA) is 46.3 Å². The fourth-order valence-corrected chi connectivity index (χ4v) is 2.94. The lowest BCUT2D eigenvalue weighted by molar-refractivity contribution is -0.137. The molecule has 3 nitrogen and oxygen atoms in total. The van der Waals surface area contributed by atoms with Gasteiger partial charge in [-0.1, -0.05) is 23.7 Å². The standard InChI is InChI=1S/C16H23ClN2O/c1-11(12-3-7-14(17)8-4-12)19(2)16(20)13-5-9-15(18)10-6-13/h3-4,7-8,11,13,15H,5-6,9-10,18H2,1-2H3. The van der Waals surface area contributed by atoms with Gasteiger partial charge in [0.15, 0.2) is 0 Å². The summed E-state index contributed by atoms with van der Waals surface area (Å²) in [6, 6.07) is 8.03. The number of hydrogen-bond acceptors (Lipinski definition) is 2. The van der Waals surface area contributed by atoms with E-state index in [1.54, 1.807) is 0 Å². The van der Waals surface area contributed by atoms with Crippen LogP contribution in [0.4, 0.5) is 0 Å². The van der Waals surface area contributed by atoms with Gasteiger partial charge in [-0.2, -0.15) is 0 Å². The third-order valence-corrected chi connectivity index (χ3v) is 4.65. The second-order valence-electron chi connectivity index (χ2n) is 5.79.